The van der Waals surface area contributed by atoms with Gasteiger partial charge in [0, 0.05) is 11.1 Å². The number of rotatable bonds is 7. The molecule has 3 aromatic carbocycles. The van der Waals surface area contributed by atoms with E-state index in [1.807, 2.05) is 42.5 Å². The first-order valence-electron chi connectivity index (χ1n) is 10.4. The smallest absolute Gasteiger partial charge is 0.408 e. The van der Waals surface area contributed by atoms with Crippen LogP contribution in [0.2, 0.25) is 0 Å². The second-order valence-corrected chi connectivity index (χ2v) is 7.48. The molecule has 4 rings (SSSR count). The van der Waals surface area contributed by atoms with Crippen molar-refractivity contribution in [3.05, 3.63) is 95.6 Å². The third kappa shape index (κ3) is 5.30. The van der Waals surface area contributed by atoms with Gasteiger partial charge >= 0.3 is 12.1 Å². The molecule has 168 valence electrons. The molecule has 8 heteroatoms. The predicted octanol–water partition coefficient (Wildman–Crippen LogP) is 3.77. The van der Waals surface area contributed by atoms with Gasteiger partial charge in [-0.25, -0.2) is 9.59 Å². The highest BCUT2D eigenvalue weighted by Gasteiger charge is 2.30. The van der Waals surface area contributed by atoms with E-state index in [4.69, 9.17) is 9.47 Å². The number of carboxylic acids is 1. The molecule has 0 aromatic heterocycles. The maximum absolute atomic E-state index is 12.8. The Kier molecular flexibility index (Phi) is 6.54. The Morgan fingerprint density at radius 1 is 0.879 bits per heavy atom. The number of hydrogen-bond acceptors (Lipinski definition) is 5. The van der Waals surface area contributed by atoms with Gasteiger partial charge in [-0.05, 0) is 17.7 Å². The molecular formula is C25H22N2O6. The lowest BCUT2D eigenvalue weighted by Gasteiger charge is -2.29. The molecule has 0 aliphatic carbocycles. The molecule has 2 amide bonds. The van der Waals surface area contributed by atoms with E-state index < -0.39 is 36.5 Å². The highest BCUT2D eigenvalue weighted by molar-refractivity contribution is 5.87. The minimum absolute atomic E-state index is 0.0130. The van der Waals surface area contributed by atoms with Gasteiger partial charge in [0.05, 0.1) is 12.5 Å². The SMILES string of the molecule is O=C(CC(NC(=O)OCc1ccccc1)C(=O)O)NC1c2ccccc2Oc2ccccc21. The van der Waals surface area contributed by atoms with Gasteiger partial charge in [-0.2, -0.15) is 0 Å². The maximum Gasteiger partial charge on any atom is 0.408 e. The van der Waals surface area contributed by atoms with Crippen molar-refractivity contribution in [2.24, 2.45) is 0 Å². The van der Waals surface area contributed by atoms with Crippen LogP contribution in [0.25, 0.3) is 0 Å². The summed E-state index contributed by atoms with van der Waals surface area (Å²) in [6.45, 7) is -0.0130. The second-order valence-electron chi connectivity index (χ2n) is 7.48. The summed E-state index contributed by atoms with van der Waals surface area (Å²) in [5.74, 6) is -0.658. The van der Waals surface area contributed by atoms with E-state index in [-0.39, 0.29) is 6.61 Å². The van der Waals surface area contributed by atoms with E-state index in [0.29, 0.717) is 11.5 Å². The Morgan fingerprint density at radius 2 is 1.45 bits per heavy atom. The average Bonchev–Trinajstić information content (AvgIpc) is 2.83. The van der Waals surface area contributed by atoms with Crippen molar-refractivity contribution in [2.75, 3.05) is 0 Å². The van der Waals surface area contributed by atoms with Crippen molar-refractivity contribution in [1.82, 2.24) is 10.6 Å². The van der Waals surface area contributed by atoms with Crippen LogP contribution in [0.3, 0.4) is 0 Å². The molecule has 1 unspecified atom stereocenters. The molecule has 0 saturated heterocycles. The molecular weight excluding hydrogens is 424 g/mol. The van der Waals surface area contributed by atoms with Crippen molar-refractivity contribution < 1.29 is 29.0 Å². The summed E-state index contributed by atoms with van der Waals surface area (Å²) < 4.78 is 11.0. The van der Waals surface area contributed by atoms with Crippen LogP contribution in [0.4, 0.5) is 4.79 Å². The zero-order chi connectivity index (χ0) is 23.2. The molecule has 3 N–H and O–H groups in total. The number of hydrogen-bond donors (Lipinski definition) is 3. The quantitative estimate of drug-likeness (QED) is 0.509. The summed E-state index contributed by atoms with van der Waals surface area (Å²) in [7, 11) is 0. The lowest BCUT2D eigenvalue weighted by atomic mass is 9.94. The normalized spacial score (nSPS) is 13.0. The van der Waals surface area contributed by atoms with Gasteiger partial charge in [-0.15, -0.1) is 0 Å². The Labute approximate surface area is 190 Å². The van der Waals surface area contributed by atoms with E-state index in [9.17, 15) is 19.5 Å². The molecule has 0 fully saturated rings. The van der Waals surface area contributed by atoms with Gasteiger partial charge in [0.1, 0.15) is 24.1 Å². The predicted molar refractivity (Wildman–Crippen MR) is 119 cm³/mol. The number of carbonyl (C=O) groups is 3. The summed E-state index contributed by atoms with van der Waals surface area (Å²) in [4.78, 5) is 36.5. The van der Waals surface area contributed by atoms with E-state index in [0.717, 1.165) is 16.7 Å². The number of aliphatic carboxylic acids is 1. The largest absolute Gasteiger partial charge is 0.480 e. The number of nitrogens with one attached hydrogen (secondary N) is 2. The topological polar surface area (TPSA) is 114 Å². The zero-order valence-electron chi connectivity index (χ0n) is 17.6. The molecule has 1 heterocycles. The number of alkyl carbamates (subject to hydrolysis) is 1. The molecule has 0 spiro atoms. The lowest BCUT2D eigenvalue weighted by molar-refractivity contribution is -0.141. The van der Waals surface area contributed by atoms with Crippen molar-refractivity contribution in [3.8, 4) is 11.5 Å². The zero-order valence-corrected chi connectivity index (χ0v) is 17.6. The lowest BCUT2D eigenvalue weighted by Crippen LogP contribution is -2.45. The summed E-state index contributed by atoms with van der Waals surface area (Å²) in [5.41, 5.74) is 2.27. The number of amides is 2. The Bertz CT molecular complexity index is 1120. The fraction of sp³-hybridized carbons (Fsp3) is 0.160. The molecule has 8 nitrogen and oxygen atoms in total. The molecule has 0 radical (unpaired) electrons. The second kappa shape index (κ2) is 9.86. The molecule has 0 bridgehead atoms. The number of fused-ring (bicyclic) bond motifs is 2. The van der Waals surface area contributed by atoms with E-state index in [2.05, 4.69) is 10.6 Å². The van der Waals surface area contributed by atoms with Crippen LogP contribution < -0.4 is 15.4 Å². The fourth-order valence-electron chi connectivity index (χ4n) is 3.58. The van der Waals surface area contributed by atoms with E-state index >= 15 is 0 Å². The fourth-order valence-corrected chi connectivity index (χ4v) is 3.58. The maximum atomic E-state index is 12.8. The highest BCUT2D eigenvalue weighted by atomic mass is 16.5. The number of benzene rings is 3. The van der Waals surface area contributed by atoms with Crippen LogP contribution >= 0.6 is 0 Å². The summed E-state index contributed by atoms with van der Waals surface area (Å²) in [6.07, 6.45) is -1.38. The van der Waals surface area contributed by atoms with Crippen LogP contribution in [0.1, 0.15) is 29.2 Å². The standard InChI is InChI=1S/C25H22N2O6/c28-22(14-19(24(29)30)26-25(31)32-15-16-8-2-1-3-9-16)27-23-17-10-4-6-12-20(17)33-21-13-7-5-11-18(21)23/h1-13,19,23H,14-15H2,(H,26,31)(H,27,28)(H,29,30). The van der Waals surface area contributed by atoms with Crippen LogP contribution in [0, 0.1) is 0 Å². The van der Waals surface area contributed by atoms with Crippen molar-refractivity contribution in [3.63, 3.8) is 0 Å². The van der Waals surface area contributed by atoms with Gasteiger partial charge in [0.25, 0.3) is 0 Å². The molecule has 1 aliphatic heterocycles. The van der Waals surface area contributed by atoms with Crippen molar-refractivity contribution >= 4 is 18.0 Å². The van der Waals surface area contributed by atoms with Gasteiger partial charge in [0.15, 0.2) is 0 Å². The number of para-hydroxylation sites is 2. The van der Waals surface area contributed by atoms with Gasteiger partial charge in [-0.1, -0.05) is 66.7 Å². The summed E-state index contributed by atoms with van der Waals surface area (Å²) in [5, 5.41) is 14.6. The van der Waals surface area contributed by atoms with Crippen LogP contribution in [-0.2, 0) is 20.9 Å². The first kappa shape index (κ1) is 21.9. The van der Waals surface area contributed by atoms with Gasteiger partial charge < -0.3 is 25.2 Å². The summed E-state index contributed by atoms with van der Waals surface area (Å²) in [6, 6.07) is 21.6. The molecule has 1 aliphatic rings. The van der Waals surface area contributed by atoms with Gasteiger partial charge in [0.2, 0.25) is 5.91 Å². The third-order valence-corrected chi connectivity index (χ3v) is 5.18. The molecule has 33 heavy (non-hydrogen) atoms. The van der Waals surface area contributed by atoms with Crippen LogP contribution in [0.5, 0.6) is 11.5 Å². The Hall–Kier alpha value is -4.33. The highest BCUT2D eigenvalue weighted by Crippen LogP contribution is 2.42. The molecule has 3 aromatic rings. The minimum atomic E-state index is -1.45. The number of carboxylic acid groups (broad SMARTS) is 1. The Balaban J connectivity index is 1.41. The monoisotopic (exact) mass is 446 g/mol. The van der Waals surface area contributed by atoms with E-state index in [1.165, 1.54) is 0 Å². The average molecular weight is 446 g/mol. The number of carbonyl (C=O) groups excluding carboxylic acids is 2. The van der Waals surface area contributed by atoms with Crippen LogP contribution in [0.15, 0.2) is 78.9 Å². The van der Waals surface area contributed by atoms with Crippen molar-refractivity contribution in [2.45, 2.75) is 25.1 Å². The molecule has 0 saturated carbocycles. The first-order valence-corrected chi connectivity index (χ1v) is 10.4. The van der Waals surface area contributed by atoms with Gasteiger partial charge in [-0.3, -0.25) is 4.79 Å². The van der Waals surface area contributed by atoms with Crippen LogP contribution in [-0.4, -0.2) is 29.1 Å². The van der Waals surface area contributed by atoms with E-state index in [1.54, 1.807) is 36.4 Å². The molecule has 1 atom stereocenters. The Morgan fingerprint density at radius 3 is 2.06 bits per heavy atom. The summed E-state index contributed by atoms with van der Waals surface area (Å²) >= 11 is 0. The van der Waals surface area contributed by atoms with Crippen molar-refractivity contribution in [1.29, 1.82) is 0 Å². The first-order chi connectivity index (χ1) is 16.0. The minimum Gasteiger partial charge on any atom is -0.480 e. The third-order valence-electron chi connectivity index (χ3n) is 5.18. The number of ether oxygens (including phenoxy) is 2.